The lowest BCUT2D eigenvalue weighted by molar-refractivity contribution is -0.146. The number of aromatic nitrogens is 2. The summed E-state index contributed by atoms with van der Waals surface area (Å²) in [6.07, 6.45) is 2.67. The van der Waals surface area contributed by atoms with Gasteiger partial charge in [-0.1, -0.05) is 12.1 Å². The summed E-state index contributed by atoms with van der Waals surface area (Å²) >= 11 is 1.57. The summed E-state index contributed by atoms with van der Waals surface area (Å²) in [6.45, 7) is 2.91. The van der Waals surface area contributed by atoms with Crippen LogP contribution in [0, 0.1) is 5.82 Å². The molecule has 1 fully saturated rings. The molecule has 0 radical (unpaired) electrons. The Labute approximate surface area is 166 Å². The number of hydrogen-bond acceptors (Lipinski definition) is 6. The summed E-state index contributed by atoms with van der Waals surface area (Å²) in [5.74, 6) is -0.531. The Morgan fingerprint density at radius 2 is 2.18 bits per heavy atom. The quantitative estimate of drug-likeness (QED) is 0.683. The topological polar surface area (TPSA) is 78.4 Å². The highest BCUT2D eigenvalue weighted by Gasteiger charge is 2.44. The number of carboxylic acid groups (broad SMARTS) is 1. The number of benzene rings is 1. The molecule has 2 unspecified atom stereocenters. The number of nitrogens with zero attached hydrogens (tertiary/aromatic N) is 3. The van der Waals surface area contributed by atoms with Crippen molar-refractivity contribution in [3.05, 3.63) is 53.3 Å². The van der Waals surface area contributed by atoms with Crippen molar-refractivity contribution in [2.75, 3.05) is 11.4 Å². The molecule has 146 valence electrons. The SMILES string of the molecule is CC1CC(NCc2ccc(F)cc2)(C(=O)O)CCN1c1ncc2ccsc2n1. The van der Waals surface area contributed by atoms with Crippen molar-refractivity contribution in [1.82, 2.24) is 15.3 Å². The molecular weight excluding hydrogens is 379 g/mol. The molecule has 1 saturated heterocycles. The number of anilines is 1. The number of carboxylic acids is 1. The van der Waals surface area contributed by atoms with Crippen molar-refractivity contribution in [2.45, 2.75) is 37.9 Å². The highest BCUT2D eigenvalue weighted by atomic mass is 32.1. The molecule has 28 heavy (non-hydrogen) atoms. The predicted molar refractivity (Wildman–Crippen MR) is 107 cm³/mol. The van der Waals surface area contributed by atoms with E-state index < -0.39 is 11.5 Å². The molecule has 1 aromatic carbocycles. The lowest BCUT2D eigenvalue weighted by atomic mass is 9.83. The number of nitrogens with one attached hydrogen (secondary N) is 1. The Hall–Kier alpha value is -2.58. The van der Waals surface area contributed by atoms with Crippen LogP contribution in [0.15, 0.2) is 41.9 Å². The Morgan fingerprint density at radius 3 is 2.89 bits per heavy atom. The average Bonchev–Trinajstić information content (AvgIpc) is 3.15. The van der Waals surface area contributed by atoms with Crippen LogP contribution in [-0.4, -0.2) is 39.2 Å². The molecule has 0 bridgehead atoms. The summed E-state index contributed by atoms with van der Waals surface area (Å²) in [5.41, 5.74) is -0.180. The average molecular weight is 400 g/mol. The van der Waals surface area contributed by atoms with Crippen LogP contribution in [-0.2, 0) is 11.3 Å². The van der Waals surface area contributed by atoms with Gasteiger partial charge in [-0.15, -0.1) is 11.3 Å². The van der Waals surface area contributed by atoms with Crippen LogP contribution in [0.2, 0.25) is 0 Å². The molecule has 2 N–H and O–H groups in total. The summed E-state index contributed by atoms with van der Waals surface area (Å²) in [7, 11) is 0. The van der Waals surface area contributed by atoms with Gasteiger partial charge in [-0.05, 0) is 48.9 Å². The van der Waals surface area contributed by atoms with Crippen molar-refractivity contribution in [3.63, 3.8) is 0 Å². The molecule has 3 aromatic rings. The van der Waals surface area contributed by atoms with Crippen LogP contribution in [0.1, 0.15) is 25.3 Å². The van der Waals surface area contributed by atoms with Crippen molar-refractivity contribution < 1.29 is 14.3 Å². The van der Waals surface area contributed by atoms with E-state index in [0.29, 0.717) is 31.9 Å². The van der Waals surface area contributed by atoms with Crippen LogP contribution in [0.3, 0.4) is 0 Å². The van der Waals surface area contributed by atoms with Gasteiger partial charge in [-0.3, -0.25) is 10.1 Å². The number of aliphatic carboxylic acids is 1. The van der Waals surface area contributed by atoms with Gasteiger partial charge in [0.2, 0.25) is 5.95 Å². The van der Waals surface area contributed by atoms with Gasteiger partial charge < -0.3 is 10.0 Å². The largest absolute Gasteiger partial charge is 0.480 e. The first-order chi connectivity index (χ1) is 13.5. The highest BCUT2D eigenvalue weighted by molar-refractivity contribution is 7.16. The second kappa shape index (κ2) is 7.44. The first kappa shape index (κ1) is 18.8. The second-order valence-electron chi connectivity index (χ2n) is 7.21. The Morgan fingerprint density at radius 1 is 1.39 bits per heavy atom. The standard InChI is InChI=1S/C20H21FN4O2S/c1-13-10-20(18(26)27,23-11-14-2-4-16(21)5-3-14)7-8-25(13)19-22-12-15-6-9-28-17(15)24-19/h2-6,9,12-13,23H,7-8,10-11H2,1H3,(H,26,27). The van der Waals surface area contributed by atoms with Crippen LogP contribution in [0.5, 0.6) is 0 Å². The predicted octanol–water partition coefficient (Wildman–Crippen LogP) is 3.43. The molecule has 1 aliphatic rings. The van der Waals surface area contributed by atoms with Gasteiger partial charge in [-0.2, -0.15) is 0 Å². The smallest absolute Gasteiger partial charge is 0.324 e. The van der Waals surface area contributed by atoms with Gasteiger partial charge in [0.15, 0.2) is 0 Å². The molecule has 0 amide bonds. The van der Waals surface area contributed by atoms with E-state index in [-0.39, 0.29) is 11.9 Å². The van der Waals surface area contributed by atoms with Crippen LogP contribution in [0.25, 0.3) is 10.2 Å². The van der Waals surface area contributed by atoms with Gasteiger partial charge in [0.25, 0.3) is 0 Å². The molecule has 8 heteroatoms. The first-order valence-electron chi connectivity index (χ1n) is 9.17. The van der Waals surface area contributed by atoms with E-state index in [0.717, 1.165) is 15.8 Å². The number of hydrogen-bond donors (Lipinski definition) is 2. The van der Waals surface area contributed by atoms with Crippen LogP contribution in [0.4, 0.5) is 10.3 Å². The molecule has 4 rings (SSSR count). The lowest BCUT2D eigenvalue weighted by Crippen LogP contribution is -2.61. The highest BCUT2D eigenvalue weighted by Crippen LogP contribution is 2.31. The zero-order valence-corrected chi connectivity index (χ0v) is 16.2. The third-order valence-electron chi connectivity index (χ3n) is 5.36. The van der Waals surface area contributed by atoms with Crippen molar-refractivity contribution in [3.8, 4) is 0 Å². The molecule has 6 nitrogen and oxygen atoms in total. The Bertz CT molecular complexity index is 993. The number of fused-ring (bicyclic) bond motifs is 1. The van der Waals surface area contributed by atoms with E-state index in [9.17, 15) is 14.3 Å². The minimum atomic E-state index is -1.03. The summed E-state index contributed by atoms with van der Waals surface area (Å²) < 4.78 is 13.1. The minimum absolute atomic E-state index is 0.0389. The number of thiophene rings is 1. The first-order valence-corrected chi connectivity index (χ1v) is 10.0. The summed E-state index contributed by atoms with van der Waals surface area (Å²) in [4.78, 5) is 24.2. The second-order valence-corrected chi connectivity index (χ2v) is 8.11. The third kappa shape index (κ3) is 3.57. The van der Waals surface area contributed by atoms with Crippen molar-refractivity contribution in [1.29, 1.82) is 0 Å². The van der Waals surface area contributed by atoms with Gasteiger partial charge in [0, 0.05) is 30.7 Å². The molecule has 0 saturated carbocycles. The summed E-state index contributed by atoms with van der Waals surface area (Å²) in [6, 6.07) is 8.05. The van der Waals surface area contributed by atoms with Crippen LogP contribution >= 0.6 is 11.3 Å². The van der Waals surface area contributed by atoms with E-state index in [4.69, 9.17) is 0 Å². The van der Waals surface area contributed by atoms with Crippen molar-refractivity contribution in [2.24, 2.45) is 0 Å². The van der Waals surface area contributed by atoms with E-state index in [1.165, 1.54) is 12.1 Å². The lowest BCUT2D eigenvalue weighted by Gasteiger charge is -2.43. The van der Waals surface area contributed by atoms with Gasteiger partial charge in [0.1, 0.15) is 16.2 Å². The molecule has 2 aromatic heterocycles. The monoisotopic (exact) mass is 400 g/mol. The number of piperidine rings is 1. The van der Waals surface area contributed by atoms with E-state index in [1.807, 2.05) is 24.6 Å². The molecule has 0 aliphatic carbocycles. The fourth-order valence-electron chi connectivity index (χ4n) is 3.73. The molecule has 1 aliphatic heterocycles. The Balaban J connectivity index is 1.50. The summed E-state index contributed by atoms with van der Waals surface area (Å²) in [5, 5.41) is 16.1. The zero-order chi connectivity index (χ0) is 19.7. The number of rotatable bonds is 5. The zero-order valence-electron chi connectivity index (χ0n) is 15.4. The fraction of sp³-hybridized carbons (Fsp3) is 0.350. The fourth-order valence-corrected chi connectivity index (χ4v) is 4.47. The number of carbonyl (C=O) groups is 1. The van der Waals surface area contributed by atoms with Gasteiger partial charge in [0.05, 0.1) is 0 Å². The van der Waals surface area contributed by atoms with Crippen LogP contribution < -0.4 is 10.2 Å². The molecule has 0 spiro atoms. The van der Waals surface area contributed by atoms with Gasteiger partial charge in [-0.25, -0.2) is 14.4 Å². The molecular formula is C20H21FN4O2S. The molecule has 2 atom stereocenters. The Kier molecular flexibility index (Phi) is 4.99. The van der Waals surface area contributed by atoms with E-state index >= 15 is 0 Å². The van der Waals surface area contributed by atoms with E-state index in [2.05, 4.69) is 20.2 Å². The normalized spacial score (nSPS) is 22.5. The van der Waals surface area contributed by atoms with E-state index in [1.54, 1.807) is 23.5 Å². The number of halogens is 1. The third-order valence-corrected chi connectivity index (χ3v) is 6.18. The maximum atomic E-state index is 13.1. The molecule has 3 heterocycles. The minimum Gasteiger partial charge on any atom is -0.480 e. The maximum absolute atomic E-state index is 13.1. The van der Waals surface area contributed by atoms with Crippen molar-refractivity contribution >= 4 is 33.5 Å². The maximum Gasteiger partial charge on any atom is 0.324 e. The van der Waals surface area contributed by atoms with Gasteiger partial charge >= 0.3 is 5.97 Å².